The van der Waals surface area contributed by atoms with Crippen LogP contribution in [0.5, 0.6) is 5.75 Å². The standard InChI is InChI=1S/C15H17NO3S/c1-18-15(17)13-10-6-19-12-5-3-2-4-9(12)14(10)16-8-20-7-11(13)16/h2-5,10-11,13-14H,6-8H2,1H3/t10-,11+,13+,14-/m0/s1. The van der Waals surface area contributed by atoms with E-state index < -0.39 is 0 Å². The van der Waals surface area contributed by atoms with Crippen molar-refractivity contribution < 1.29 is 14.3 Å². The number of nitrogens with zero attached hydrogens (tertiary/aromatic N) is 1. The van der Waals surface area contributed by atoms with Crippen LogP contribution in [0.1, 0.15) is 11.6 Å². The Morgan fingerprint density at radius 2 is 2.30 bits per heavy atom. The van der Waals surface area contributed by atoms with Gasteiger partial charge in [-0.1, -0.05) is 18.2 Å². The Morgan fingerprint density at radius 3 is 3.15 bits per heavy atom. The topological polar surface area (TPSA) is 38.8 Å². The summed E-state index contributed by atoms with van der Waals surface area (Å²) >= 11 is 1.91. The van der Waals surface area contributed by atoms with Crippen molar-refractivity contribution in [3.63, 3.8) is 0 Å². The molecule has 4 nitrogen and oxygen atoms in total. The first-order valence-corrected chi connectivity index (χ1v) is 8.10. The third kappa shape index (κ3) is 1.63. The molecule has 4 atom stereocenters. The monoisotopic (exact) mass is 291 g/mol. The molecule has 0 unspecified atom stereocenters. The molecule has 0 spiro atoms. The molecule has 1 aromatic carbocycles. The highest BCUT2D eigenvalue weighted by Crippen LogP contribution is 2.53. The molecule has 0 radical (unpaired) electrons. The Morgan fingerprint density at radius 1 is 1.45 bits per heavy atom. The number of ether oxygens (including phenoxy) is 2. The fourth-order valence-corrected chi connectivity index (χ4v) is 5.22. The molecule has 0 aromatic heterocycles. The van der Waals surface area contributed by atoms with Crippen molar-refractivity contribution in [2.75, 3.05) is 25.3 Å². The summed E-state index contributed by atoms with van der Waals surface area (Å²) < 4.78 is 10.9. The molecule has 0 aliphatic carbocycles. The summed E-state index contributed by atoms with van der Waals surface area (Å²) in [7, 11) is 1.49. The second-order valence-electron chi connectivity index (χ2n) is 5.59. The van der Waals surface area contributed by atoms with Crippen molar-refractivity contribution >= 4 is 17.7 Å². The van der Waals surface area contributed by atoms with E-state index in [-0.39, 0.29) is 23.8 Å². The molecular formula is C15H17NO3S. The SMILES string of the molecule is COC(=O)[C@@H]1[C@@H]2COc3ccccc3[C@@H]2N2CSC[C@H]12. The number of hydrogen-bond acceptors (Lipinski definition) is 5. The van der Waals surface area contributed by atoms with Crippen LogP contribution in [-0.4, -0.2) is 42.3 Å². The zero-order valence-electron chi connectivity index (χ0n) is 11.3. The van der Waals surface area contributed by atoms with Crippen LogP contribution < -0.4 is 4.74 Å². The minimum atomic E-state index is -0.0852. The first-order valence-electron chi connectivity index (χ1n) is 6.94. The lowest BCUT2D eigenvalue weighted by Gasteiger charge is -2.33. The summed E-state index contributed by atoms with van der Waals surface area (Å²) in [6.07, 6.45) is 0. The fourth-order valence-electron chi connectivity index (χ4n) is 3.91. The van der Waals surface area contributed by atoms with Gasteiger partial charge in [-0.2, -0.15) is 0 Å². The molecule has 2 fully saturated rings. The predicted octanol–water partition coefficient (Wildman–Crippen LogP) is 1.91. The maximum atomic E-state index is 12.2. The summed E-state index contributed by atoms with van der Waals surface area (Å²) in [5, 5.41) is 0. The van der Waals surface area contributed by atoms with E-state index in [0.29, 0.717) is 12.6 Å². The van der Waals surface area contributed by atoms with Crippen molar-refractivity contribution in [3.05, 3.63) is 29.8 Å². The number of hydrogen-bond donors (Lipinski definition) is 0. The van der Waals surface area contributed by atoms with Crippen LogP contribution in [0, 0.1) is 11.8 Å². The number of para-hydroxylation sites is 1. The summed E-state index contributed by atoms with van der Waals surface area (Å²) in [6, 6.07) is 8.79. The molecule has 3 aliphatic heterocycles. The molecule has 1 aromatic rings. The van der Waals surface area contributed by atoms with Crippen molar-refractivity contribution in [3.8, 4) is 5.75 Å². The first kappa shape index (κ1) is 12.5. The van der Waals surface area contributed by atoms with E-state index in [9.17, 15) is 4.79 Å². The molecule has 106 valence electrons. The van der Waals surface area contributed by atoms with Gasteiger partial charge in [0.05, 0.1) is 19.6 Å². The Kier molecular flexibility index (Phi) is 2.93. The van der Waals surface area contributed by atoms with Gasteiger partial charge in [0.25, 0.3) is 0 Å². The molecule has 0 N–H and O–H groups in total. The first-order chi connectivity index (χ1) is 9.81. The minimum Gasteiger partial charge on any atom is -0.493 e. The van der Waals surface area contributed by atoms with E-state index in [1.54, 1.807) is 0 Å². The van der Waals surface area contributed by atoms with Gasteiger partial charge in [-0.25, -0.2) is 0 Å². The average molecular weight is 291 g/mol. The number of benzene rings is 1. The number of carbonyl (C=O) groups excluding carboxylic acids is 1. The Hall–Kier alpha value is -1.20. The summed E-state index contributed by atoms with van der Waals surface area (Å²) in [5.41, 5.74) is 1.22. The second-order valence-corrected chi connectivity index (χ2v) is 6.59. The third-order valence-electron chi connectivity index (χ3n) is 4.74. The van der Waals surface area contributed by atoms with Gasteiger partial charge in [0.2, 0.25) is 0 Å². The van der Waals surface area contributed by atoms with Gasteiger partial charge in [-0.05, 0) is 6.07 Å². The van der Waals surface area contributed by atoms with E-state index in [1.165, 1.54) is 12.7 Å². The lowest BCUT2D eigenvalue weighted by molar-refractivity contribution is -0.147. The van der Waals surface area contributed by atoms with Crippen molar-refractivity contribution in [2.45, 2.75) is 12.1 Å². The van der Waals surface area contributed by atoms with Gasteiger partial charge in [0.15, 0.2) is 0 Å². The fraction of sp³-hybridized carbons (Fsp3) is 0.533. The maximum Gasteiger partial charge on any atom is 0.310 e. The van der Waals surface area contributed by atoms with Crippen molar-refractivity contribution in [2.24, 2.45) is 11.8 Å². The van der Waals surface area contributed by atoms with Crippen LogP contribution in [0.4, 0.5) is 0 Å². The summed E-state index contributed by atoms with van der Waals surface area (Å²) in [4.78, 5) is 14.7. The molecule has 4 rings (SSSR count). The van der Waals surface area contributed by atoms with Gasteiger partial charge >= 0.3 is 5.97 Å². The van der Waals surface area contributed by atoms with Crippen molar-refractivity contribution in [1.29, 1.82) is 0 Å². The zero-order valence-corrected chi connectivity index (χ0v) is 12.1. The van der Waals surface area contributed by atoms with Crippen LogP contribution in [0.3, 0.4) is 0 Å². The molecule has 3 heterocycles. The average Bonchev–Trinajstić information content (AvgIpc) is 3.06. The number of rotatable bonds is 1. The number of methoxy groups -OCH3 is 1. The van der Waals surface area contributed by atoms with Crippen LogP contribution in [0.15, 0.2) is 24.3 Å². The van der Waals surface area contributed by atoms with Crippen LogP contribution >= 0.6 is 11.8 Å². The van der Waals surface area contributed by atoms with Crippen LogP contribution in [-0.2, 0) is 9.53 Å². The predicted molar refractivity (Wildman–Crippen MR) is 76.6 cm³/mol. The lowest BCUT2D eigenvalue weighted by atomic mass is 9.83. The Labute approximate surface area is 122 Å². The molecular weight excluding hydrogens is 274 g/mol. The number of esters is 1. The molecule has 2 saturated heterocycles. The highest BCUT2D eigenvalue weighted by Gasteiger charge is 2.56. The molecule has 3 aliphatic rings. The largest absolute Gasteiger partial charge is 0.493 e. The van der Waals surface area contributed by atoms with Gasteiger partial charge in [0, 0.05) is 35.2 Å². The molecule has 0 amide bonds. The highest BCUT2D eigenvalue weighted by molar-refractivity contribution is 7.99. The molecule has 0 saturated carbocycles. The quantitative estimate of drug-likeness (QED) is 0.739. The number of thioether (sulfide) groups is 1. The minimum absolute atomic E-state index is 0.0617. The third-order valence-corrected chi connectivity index (χ3v) is 5.79. The molecule has 0 bridgehead atoms. The number of carbonyl (C=O) groups is 1. The zero-order chi connectivity index (χ0) is 13.7. The van der Waals surface area contributed by atoms with Gasteiger partial charge in [0.1, 0.15) is 5.75 Å². The normalized spacial score (nSPS) is 34.9. The van der Waals surface area contributed by atoms with E-state index >= 15 is 0 Å². The van der Waals surface area contributed by atoms with Gasteiger partial charge in [-0.3, -0.25) is 9.69 Å². The number of fused-ring (bicyclic) bond motifs is 5. The summed E-state index contributed by atoms with van der Waals surface area (Å²) in [6.45, 7) is 0.610. The Balaban J connectivity index is 1.78. The highest BCUT2D eigenvalue weighted by atomic mass is 32.2. The summed E-state index contributed by atoms with van der Waals surface area (Å²) in [5.74, 6) is 3.03. The maximum absolute atomic E-state index is 12.2. The Bertz CT molecular complexity index is 550. The smallest absolute Gasteiger partial charge is 0.310 e. The second kappa shape index (κ2) is 4.67. The van der Waals surface area contributed by atoms with Crippen molar-refractivity contribution in [1.82, 2.24) is 4.90 Å². The molecule has 5 heteroatoms. The van der Waals surface area contributed by atoms with E-state index in [0.717, 1.165) is 17.4 Å². The van der Waals surface area contributed by atoms with E-state index in [1.807, 2.05) is 30.0 Å². The lowest BCUT2D eigenvalue weighted by Crippen LogP contribution is -2.35. The van der Waals surface area contributed by atoms with Crippen LogP contribution in [0.25, 0.3) is 0 Å². The molecule has 20 heavy (non-hydrogen) atoms. The van der Waals surface area contributed by atoms with Gasteiger partial charge < -0.3 is 9.47 Å². The van der Waals surface area contributed by atoms with E-state index in [2.05, 4.69) is 11.0 Å². The van der Waals surface area contributed by atoms with Crippen LogP contribution in [0.2, 0.25) is 0 Å². The van der Waals surface area contributed by atoms with Gasteiger partial charge in [-0.15, -0.1) is 11.8 Å². The van der Waals surface area contributed by atoms with E-state index in [4.69, 9.17) is 9.47 Å².